The Labute approximate surface area is 173 Å². The van der Waals surface area contributed by atoms with Crippen molar-refractivity contribution in [2.45, 2.75) is 6.43 Å². The van der Waals surface area contributed by atoms with Crippen molar-refractivity contribution >= 4 is 5.91 Å². The highest BCUT2D eigenvalue weighted by atomic mass is 19.3. The number of rotatable bonds is 5. The number of aromatic nitrogens is 3. The minimum atomic E-state index is -3.06. The molecular formula is C21H14F4N4O2. The van der Waals surface area contributed by atoms with Crippen LogP contribution in [0.2, 0.25) is 0 Å². The summed E-state index contributed by atoms with van der Waals surface area (Å²) in [7, 11) is 1.33. The number of carbonyl (C=O) groups excluding carboxylic acids is 1. The maximum atomic E-state index is 14.3. The Morgan fingerprint density at radius 1 is 1.10 bits per heavy atom. The molecule has 1 N–H and O–H groups in total. The Bertz CT molecular complexity index is 1270. The van der Waals surface area contributed by atoms with Crippen LogP contribution in [0.5, 0.6) is 0 Å². The summed E-state index contributed by atoms with van der Waals surface area (Å²) in [4.78, 5) is 12.6. The van der Waals surface area contributed by atoms with Crippen molar-refractivity contribution in [2.75, 3.05) is 7.05 Å². The van der Waals surface area contributed by atoms with E-state index in [-0.39, 0.29) is 33.8 Å². The van der Waals surface area contributed by atoms with E-state index in [1.807, 2.05) is 0 Å². The van der Waals surface area contributed by atoms with Gasteiger partial charge in [0.05, 0.1) is 17.4 Å². The number of hydrogen-bond acceptors (Lipinski definition) is 4. The van der Waals surface area contributed by atoms with Crippen molar-refractivity contribution in [3.63, 3.8) is 0 Å². The molecule has 0 saturated heterocycles. The van der Waals surface area contributed by atoms with Gasteiger partial charge < -0.3 is 9.84 Å². The second-order valence-corrected chi connectivity index (χ2v) is 6.43. The van der Waals surface area contributed by atoms with Crippen molar-refractivity contribution in [1.29, 1.82) is 0 Å². The normalized spacial score (nSPS) is 11.2. The van der Waals surface area contributed by atoms with Gasteiger partial charge in [-0.1, -0.05) is 23.4 Å². The summed E-state index contributed by atoms with van der Waals surface area (Å²) in [6, 6.07) is 10.5. The standard InChI is InChI=1S/C21H14F4N4O2/c1-26-21(30)16-17(13-7-2-3-8-15(13)23)28-31-19(16)14-10-27-29(18(14)20(24)25)12-6-4-5-11(22)9-12/h2-10,20H,1H3,(H,26,30). The second kappa shape index (κ2) is 8.05. The molecule has 0 spiro atoms. The van der Waals surface area contributed by atoms with E-state index in [9.17, 15) is 22.4 Å². The SMILES string of the molecule is CNC(=O)c1c(-c2ccccc2F)noc1-c1cnn(-c2cccc(F)c2)c1C(F)F. The number of hydrogen-bond donors (Lipinski definition) is 1. The predicted molar refractivity (Wildman–Crippen MR) is 103 cm³/mol. The molecule has 31 heavy (non-hydrogen) atoms. The highest BCUT2D eigenvalue weighted by molar-refractivity contribution is 6.05. The van der Waals surface area contributed by atoms with Crippen LogP contribution in [0.25, 0.3) is 28.3 Å². The molecule has 0 saturated carbocycles. The third-order valence-electron chi connectivity index (χ3n) is 4.59. The molecule has 6 nitrogen and oxygen atoms in total. The van der Waals surface area contributed by atoms with Crippen molar-refractivity contribution in [3.05, 3.63) is 77.6 Å². The van der Waals surface area contributed by atoms with E-state index in [2.05, 4.69) is 15.6 Å². The number of benzene rings is 2. The lowest BCUT2D eigenvalue weighted by molar-refractivity contribution is 0.0963. The quantitative estimate of drug-likeness (QED) is 0.463. The van der Waals surface area contributed by atoms with Crippen LogP contribution in [0, 0.1) is 11.6 Å². The topological polar surface area (TPSA) is 73.0 Å². The smallest absolute Gasteiger partial charge is 0.281 e. The van der Waals surface area contributed by atoms with Crippen LogP contribution in [0.4, 0.5) is 17.6 Å². The number of nitrogens with zero attached hydrogens (tertiary/aromatic N) is 3. The summed E-state index contributed by atoms with van der Waals surface area (Å²) < 4.78 is 62.1. The van der Waals surface area contributed by atoms with E-state index in [4.69, 9.17) is 4.52 Å². The molecule has 0 unspecified atom stereocenters. The lowest BCUT2D eigenvalue weighted by Gasteiger charge is -2.09. The fourth-order valence-electron chi connectivity index (χ4n) is 3.20. The minimum Gasteiger partial charge on any atom is -0.355 e. The molecule has 0 aliphatic heterocycles. The van der Waals surface area contributed by atoms with E-state index in [0.717, 1.165) is 23.0 Å². The summed E-state index contributed by atoms with van der Waals surface area (Å²) >= 11 is 0. The first-order valence-electron chi connectivity index (χ1n) is 9.01. The molecule has 2 aromatic heterocycles. The molecule has 4 rings (SSSR count). The van der Waals surface area contributed by atoms with E-state index in [1.165, 1.54) is 43.4 Å². The molecule has 1 amide bonds. The monoisotopic (exact) mass is 430 g/mol. The van der Waals surface area contributed by atoms with Crippen molar-refractivity contribution < 1.29 is 26.9 Å². The first-order chi connectivity index (χ1) is 14.9. The van der Waals surface area contributed by atoms with Crippen LogP contribution < -0.4 is 5.32 Å². The first kappa shape index (κ1) is 20.3. The Balaban J connectivity index is 1.95. The predicted octanol–water partition coefficient (Wildman–Crippen LogP) is 4.77. The molecule has 0 aliphatic rings. The van der Waals surface area contributed by atoms with Crippen molar-refractivity contribution in [1.82, 2.24) is 20.3 Å². The average molecular weight is 430 g/mol. The molecular weight excluding hydrogens is 416 g/mol. The summed E-state index contributed by atoms with van der Waals surface area (Å²) in [6.45, 7) is 0. The zero-order valence-electron chi connectivity index (χ0n) is 15.9. The van der Waals surface area contributed by atoms with E-state index >= 15 is 0 Å². The van der Waals surface area contributed by atoms with Gasteiger partial charge in [-0.2, -0.15) is 5.10 Å². The van der Waals surface area contributed by atoms with Crippen LogP contribution in [-0.4, -0.2) is 27.9 Å². The maximum Gasteiger partial charge on any atom is 0.281 e. The van der Waals surface area contributed by atoms with Gasteiger partial charge in [-0.05, 0) is 30.3 Å². The summed E-state index contributed by atoms with van der Waals surface area (Å²) in [6.07, 6.45) is -2.00. The lowest BCUT2D eigenvalue weighted by atomic mass is 10.0. The van der Waals surface area contributed by atoms with Gasteiger partial charge in [-0.3, -0.25) is 4.79 Å². The molecule has 0 aliphatic carbocycles. The fraction of sp³-hybridized carbons (Fsp3) is 0.0952. The minimum absolute atomic E-state index is 0.0350. The molecule has 0 atom stereocenters. The number of amides is 1. The maximum absolute atomic E-state index is 14.3. The van der Waals surface area contributed by atoms with Crippen LogP contribution in [-0.2, 0) is 0 Å². The van der Waals surface area contributed by atoms with E-state index in [0.29, 0.717) is 0 Å². The molecule has 0 bridgehead atoms. The summed E-state index contributed by atoms with van der Waals surface area (Å²) in [5, 5.41) is 10.1. The van der Waals surface area contributed by atoms with Gasteiger partial charge in [0.15, 0.2) is 5.76 Å². The number of halogens is 4. The van der Waals surface area contributed by atoms with Gasteiger partial charge in [0.25, 0.3) is 12.3 Å². The van der Waals surface area contributed by atoms with Gasteiger partial charge in [0, 0.05) is 12.6 Å². The number of carbonyl (C=O) groups is 1. The highest BCUT2D eigenvalue weighted by Gasteiger charge is 2.31. The highest BCUT2D eigenvalue weighted by Crippen LogP contribution is 2.38. The zero-order valence-corrected chi connectivity index (χ0v) is 15.9. The summed E-state index contributed by atoms with van der Waals surface area (Å²) in [5.41, 5.74) is -1.22. The first-order valence-corrected chi connectivity index (χ1v) is 9.01. The van der Waals surface area contributed by atoms with Crippen LogP contribution in [0.15, 0.2) is 59.3 Å². The molecule has 2 aromatic carbocycles. The van der Waals surface area contributed by atoms with Crippen molar-refractivity contribution in [2.24, 2.45) is 0 Å². The molecule has 0 fully saturated rings. The molecule has 4 aromatic rings. The summed E-state index contributed by atoms with van der Waals surface area (Å²) in [5.74, 6) is -2.33. The lowest BCUT2D eigenvalue weighted by Crippen LogP contribution is -2.19. The molecule has 2 heterocycles. The second-order valence-electron chi connectivity index (χ2n) is 6.43. The van der Waals surface area contributed by atoms with E-state index < -0.39 is 29.7 Å². The average Bonchev–Trinajstić information content (AvgIpc) is 3.38. The number of alkyl halides is 2. The van der Waals surface area contributed by atoms with Gasteiger partial charge in [-0.15, -0.1) is 0 Å². The van der Waals surface area contributed by atoms with Crippen LogP contribution in [0.3, 0.4) is 0 Å². The van der Waals surface area contributed by atoms with Crippen LogP contribution >= 0.6 is 0 Å². The third-order valence-corrected chi connectivity index (χ3v) is 4.59. The van der Waals surface area contributed by atoms with Gasteiger partial charge in [0.2, 0.25) is 0 Å². The van der Waals surface area contributed by atoms with Gasteiger partial charge in [0.1, 0.15) is 28.6 Å². The zero-order chi connectivity index (χ0) is 22.1. The Morgan fingerprint density at radius 3 is 2.55 bits per heavy atom. The third kappa shape index (κ3) is 3.56. The number of nitrogens with one attached hydrogen (secondary N) is 1. The van der Waals surface area contributed by atoms with E-state index in [1.54, 1.807) is 0 Å². The van der Waals surface area contributed by atoms with Crippen LogP contribution in [0.1, 0.15) is 22.5 Å². The van der Waals surface area contributed by atoms with Crippen molar-refractivity contribution in [3.8, 4) is 28.3 Å². The Hall–Kier alpha value is -3.95. The molecule has 0 radical (unpaired) electrons. The molecule has 10 heteroatoms. The van der Waals surface area contributed by atoms with Gasteiger partial charge in [-0.25, -0.2) is 22.2 Å². The molecule has 158 valence electrons. The Morgan fingerprint density at radius 2 is 1.87 bits per heavy atom. The van der Waals surface area contributed by atoms with Gasteiger partial charge >= 0.3 is 0 Å². The largest absolute Gasteiger partial charge is 0.355 e. The fourth-order valence-corrected chi connectivity index (χ4v) is 3.20. The Kier molecular flexibility index (Phi) is 5.28.